The van der Waals surface area contributed by atoms with E-state index in [2.05, 4.69) is 5.32 Å². The van der Waals surface area contributed by atoms with Crippen LogP contribution in [0.25, 0.3) is 0 Å². The van der Waals surface area contributed by atoms with E-state index < -0.39 is 0 Å². The predicted molar refractivity (Wildman–Crippen MR) is 76.7 cm³/mol. The number of aliphatic hydroxyl groups is 1. The first-order valence-corrected chi connectivity index (χ1v) is 6.60. The van der Waals surface area contributed by atoms with Gasteiger partial charge in [0.1, 0.15) is 0 Å². The van der Waals surface area contributed by atoms with Crippen molar-refractivity contribution >= 4 is 5.91 Å². The first-order valence-electron chi connectivity index (χ1n) is 6.60. The van der Waals surface area contributed by atoms with E-state index in [1.807, 2.05) is 51.1 Å². The Morgan fingerprint density at radius 3 is 2.42 bits per heavy atom. The lowest BCUT2D eigenvalue weighted by atomic mass is 10.1. The summed E-state index contributed by atoms with van der Waals surface area (Å²) in [6, 6.07) is 9.81. The van der Waals surface area contributed by atoms with Crippen molar-refractivity contribution in [1.29, 1.82) is 0 Å². The van der Waals surface area contributed by atoms with Gasteiger partial charge in [-0.1, -0.05) is 30.3 Å². The van der Waals surface area contributed by atoms with Gasteiger partial charge in [0, 0.05) is 18.6 Å². The van der Waals surface area contributed by atoms with Crippen LogP contribution in [0.1, 0.15) is 26.3 Å². The summed E-state index contributed by atoms with van der Waals surface area (Å²) >= 11 is 0. The van der Waals surface area contributed by atoms with E-state index in [0.29, 0.717) is 13.1 Å². The van der Waals surface area contributed by atoms with E-state index >= 15 is 0 Å². The molecule has 4 nitrogen and oxygen atoms in total. The number of amides is 1. The van der Waals surface area contributed by atoms with E-state index in [4.69, 9.17) is 5.11 Å². The van der Waals surface area contributed by atoms with Crippen LogP contribution in [0.15, 0.2) is 30.3 Å². The Labute approximate surface area is 115 Å². The Morgan fingerprint density at radius 1 is 1.26 bits per heavy atom. The molecule has 0 saturated heterocycles. The highest BCUT2D eigenvalue weighted by Gasteiger charge is 2.16. The maximum atomic E-state index is 12.1. The summed E-state index contributed by atoms with van der Waals surface area (Å²) in [6.45, 7) is 7.23. The van der Waals surface area contributed by atoms with E-state index in [0.717, 1.165) is 5.56 Å². The van der Waals surface area contributed by atoms with E-state index in [1.165, 1.54) is 0 Å². The third-order valence-electron chi connectivity index (χ3n) is 2.71. The molecule has 1 amide bonds. The maximum Gasteiger partial charge on any atom is 0.236 e. The SMILES string of the molecule is CC(C)(C)NCC(=O)N(CCO)Cc1ccccc1. The molecule has 1 aromatic carbocycles. The predicted octanol–water partition coefficient (Wildman–Crippen LogP) is 1.40. The Bertz CT molecular complexity index is 385. The van der Waals surface area contributed by atoms with Crippen molar-refractivity contribution in [2.75, 3.05) is 19.7 Å². The fraction of sp³-hybridized carbons (Fsp3) is 0.533. The van der Waals surface area contributed by atoms with Crippen LogP contribution in [0.4, 0.5) is 0 Å². The molecule has 0 spiro atoms. The van der Waals surface area contributed by atoms with Crippen LogP contribution in [-0.2, 0) is 11.3 Å². The van der Waals surface area contributed by atoms with Gasteiger partial charge in [0.05, 0.1) is 13.2 Å². The summed E-state index contributed by atoms with van der Waals surface area (Å²) in [5.41, 5.74) is 0.980. The molecular weight excluding hydrogens is 240 g/mol. The number of benzene rings is 1. The van der Waals surface area contributed by atoms with Crippen LogP contribution >= 0.6 is 0 Å². The molecule has 4 heteroatoms. The van der Waals surface area contributed by atoms with Crippen LogP contribution in [0.2, 0.25) is 0 Å². The van der Waals surface area contributed by atoms with Crippen molar-refractivity contribution in [2.24, 2.45) is 0 Å². The molecule has 1 rings (SSSR count). The van der Waals surface area contributed by atoms with Gasteiger partial charge in [-0.15, -0.1) is 0 Å². The smallest absolute Gasteiger partial charge is 0.236 e. The standard InChI is InChI=1S/C15H24N2O2/c1-15(2,3)16-11-14(19)17(9-10-18)12-13-7-5-4-6-8-13/h4-8,16,18H,9-12H2,1-3H3. The molecular formula is C15H24N2O2. The monoisotopic (exact) mass is 264 g/mol. The molecule has 0 atom stereocenters. The number of rotatable bonds is 6. The van der Waals surface area contributed by atoms with Crippen molar-refractivity contribution in [3.63, 3.8) is 0 Å². The molecule has 0 fully saturated rings. The molecule has 0 bridgehead atoms. The van der Waals surface area contributed by atoms with Gasteiger partial charge in [0.25, 0.3) is 0 Å². The molecule has 19 heavy (non-hydrogen) atoms. The summed E-state index contributed by atoms with van der Waals surface area (Å²) in [5.74, 6) is 0.00725. The zero-order valence-electron chi connectivity index (χ0n) is 12.0. The molecule has 1 aromatic rings. The molecule has 0 radical (unpaired) electrons. The van der Waals surface area contributed by atoms with Gasteiger partial charge in [0.15, 0.2) is 0 Å². The second-order valence-electron chi connectivity index (χ2n) is 5.63. The van der Waals surface area contributed by atoms with E-state index in [9.17, 15) is 4.79 Å². The minimum atomic E-state index is -0.0900. The van der Waals surface area contributed by atoms with Gasteiger partial charge >= 0.3 is 0 Å². The van der Waals surface area contributed by atoms with Crippen molar-refractivity contribution in [1.82, 2.24) is 10.2 Å². The quantitative estimate of drug-likeness (QED) is 0.816. The summed E-state index contributed by atoms with van der Waals surface area (Å²) < 4.78 is 0. The average Bonchev–Trinajstić information content (AvgIpc) is 2.36. The Morgan fingerprint density at radius 2 is 1.89 bits per heavy atom. The van der Waals surface area contributed by atoms with Crippen LogP contribution in [-0.4, -0.2) is 41.1 Å². The maximum absolute atomic E-state index is 12.1. The fourth-order valence-electron chi connectivity index (χ4n) is 1.67. The normalized spacial score (nSPS) is 11.4. The van der Waals surface area contributed by atoms with E-state index in [1.54, 1.807) is 4.90 Å². The van der Waals surface area contributed by atoms with Crippen LogP contribution in [0.3, 0.4) is 0 Å². The zero-order chi connectivity index (χ0) is 14.3. The second kappa shape index (κ2) is 7.26. The summed E-state index contributed by atoms with van der Waals surface area (Å²) in [4.78, 5) is 13.8. The molecule has 2 N–H and O–H groups in total. The fourth-order valence-corrected chi connectivity index (χ4v) is 1.67. The molecule has 0 unspecified atom stereocenters. The van der Waals surface area contributed by atoms with Crippen LogP contribution < -0.4 is 5.32 Å². The molecule has 0 aliphatic carbocycles. The number of aliphatic hydroxyl groups excluding tert-OH is 1. The number of carbonyl (C=O) groups excluding carboxylic acids is 1. The topological polar surface area (TPSA) is 52.6 Å². The molecule has 0 saturated carbocycles. The summed E-state index contributed by atoms with van der Waals surface area (Å²) in [6.07, 6.45) is 0. The van der Waals surface area contributed by atoms with Gasteiger partial charge in [-0.05, 0) is 26.3 Å². The largest absolute Gasteiger partial charge is 0.395 e. The van der Waals surface area contributed by atoms with Gasteiger partial charge in [-0.3, -0.25) is 4.79 Å². The highest BCUT2D eigenvalue weighted by molar-refractivity contribution is 5.78. The number of nitrogens with one attached hydrogen (secondary N) is 1. The third-order valence-corrected chi connectivity index (χ3v) is 2.71. The highest BCUT2D eigenvalue weighted by atomic mass is 16.3. The lowest BCUT2D eigenvalue weighted by Crippen LogP contribution is -2.45. The number of hydrogen-bond acceptors (Lipinski definition) is 3. The molecule has 0 aliphatic heterocycles. The van der Waals surface area contributed by atoms with Crippen LogP contribution in [0, 0.1) is 0 Å². The summed E-state index contributed by atoms with van der Waals surface area (Å²) in [7, 11) is 0. The minimum Gasteiger partial charge on any atom is -0.395 e. The molecule has 106 valence electrons. The van der Waals surface area contributed by atoms with Crippen molar-refractivity contribution in [3.05, 3.63) is 35.9 Å². The molecule has 0 heterocycles. The van der Waals surface area contributed by atoms with Crippen molar-refractivity contribution in [3.8, 4) is 0 Å². The second-order valence-corrected chi connectivity index (χ2v) is 5.63. The van der Waals surface area contributed by atoms with Crippen LogP contribution in [0.5, 0.6) is 0 Å². The van der Waals surface area contributed by atoms with Gasteiger partial charge in [-0.25, -0.2) is 0 Å². The Hall–Kier alpha value is -1.39. The first-order chi connectivity index (χ1) is 8.92. The van der Waals surface area contributed by atoms with E-state index in [-0.39, 0.29) is 24.6 Å². The van der Waals surface area contributed by atoms with Crippen molar-refractivity contribution in [2.45, 2.75) is 32.9 Å². The first kappa shape index (κ1) is 15.7. The minimum absolute atomic E-state index is 0.00725. The molecule has 0 aromatic heterocycles. The third kappa shape index (κ3) is 6.36. The van der Waals surface area contributed by atoms with Gasteiger partial charge in [-0.2, -0.15) is 0 Å². The Kier molecular flexibility index (Phi) is 5.99. The zero-order valence-corrected chi connectivity index (χ0v) is 12.0. The number of carbonyl (C=O) groups is 1. The lowest BCUT2D eigenvalue weighted by Gasteiger charge is -2.25. The number of hydrogen-bond donors (Lipinski definition) is 2. The van der Waals surface area contributed by atoms with Gasteiger partial charge in [0.2, 0.25) is 5.91 Å². The number of nitrogens with zero attached hydrogens (tertiary/aromatic N) is 1. The highest BCUT2D eigenvalue weighted by Crippen LogP contribution is 2.05. The lowest BCUT2D eigenvalue weighted by molar-refractivity contribution is -0.131. The average molecular weight is 264 g/mol. The van der Waals surface area contributed by atoms with Crippen molar-refractivity contribution < 1.29 is 9.90 Å². The van der Waals surface area contributed by atoms with Gasteiger partial charge < -0.3 is 15.3 Å². The summed E-state index contributed by atoms with van der Waals surface area (Å²) in [5, 5.41) is 12.3. The molecule has 0 aliphatic rings. The Balaban J connectivity index is 2.59.